The van der Waals surface area contributed by atoms with Crippen LogP contribution in [0.1, 0.15) is 28.9 Å². The summed E-state index contributed by atoms with van der Waals surface area (Å²) in [6, 6.07) is 9.92. The van der Waals surface area contributed by atoms with Crippen molar-refractivity contribution in [2.45, 2.75) is 24.0 Å². The van der Waals surface area contributed by atoms with Gasteiger partial charge < -0.3 is 26.4 Å². The van der Waals surface area contributed by atoms with Gasteiger partial charge in [0.1, 0.15) is 22.5 Å². The highest BCUT2D eigenvalue weighted by Crippen LogP contribution is 2.31. The van der Waals surface area contributed by atoms with E-state index in [0.717, 1.165) is 12.3 Å². The highest BCUT2D eigenvalue weighted by Gasteiger charge is 2.19. The van der Waals surface area contributed by atoms with Crippen LogP contribution in [-0.2, 0) is 9.84 Å². The van der Waals surface area contributed by atoms with E-state index in [9.17, 15) is 23.4 Å². The number of nitrogens with zero attached hydrogens (tertiary/aromatic N) is 1. The summed E-state index contributed by atoms with van der Waals surface area (Å²) in [7, 11) is -3.73. The maximum absolute atomic E-state index is 12.1. The summed E-state index contributed by atoms with van der Waals surface area (Å²) in [6.07, 6.45) is -1.02. The number of carbonyl (C=O) groups excluding carboxylic acids is 1. The molecule has 9 nitrogen and oxygen atoms in total. The van der Waals surface area contributed by atoms with E-state index in [4.69, 9.17) is 16.2 Å². The molecule has 0 fully saturated rings. The summed E-state index contributed by atoms with van der Waals surface area (Å²) in [6.45, 7) is 1.46. The SMILES string of the molecule is C[C@@H](O)C(O)c1ccc(Oc2ccc(C(=O)N=C(N)N)cc2S(C)(=O)=O)cc1. The van der Waals surface area contributed by atoms with Crippen molar-refractivity contribution in [2.75, 3.05) is 6.26 Å². The van der Waals surface area contributed by atoms with Crippen LogP contribution in [0.3, 0.4) is 0 Å². The van der Waals surface area contributed by atoms with Crippen LogP contribution in [0, 0.1) is 0 Å². The topological polar surface area (TPSA) is 165 Å². The third-order valence-electron chi connectivity index (χ3n) is 3.73. The van der Waals surface area contributed by atoms with Gasteiger partial charge in [-0.1, -0.05) is 12.1 Å². The van der Waals surface area contributed by atoms with Gasteiger partial charge in [0.25, 0.3) is 5.91 Å². The number of hydrogen-bond donors (Lipinski definition) is 4. The lowest BCUT2D eigenvalue weighted by atomic mass is 10.1. The van der Waals surface area contributed by atoms with Gasteiger partial charge in [-0.25, -0.2) is 8.42 Å². The fraction of sp³-hybridized carbons (Fsp3) is 0.222. The van der Waals surface area contributed by atoms with Gasteiger partial charge >= 0.3 is 0 Å². The van der Waals surface area contributed by atoms with E-state index in [-0.39, 0.29) is 16.2 Å². The fourth-order valence-corrected chi connectivity index (χ4v) is 3.15. The largest absolute Gasteiger partial charge is 0.456 e. The van der Waals surface area contributed by atoms with Crippen LogP contribution in [-0.4, -0.2) is 42.9 Å². The van der Waals surface area contributed by atoms with Gasteiger partial charge in [-0.15, -0.1) is 0 Å². The van der Waals surface area contributed by atoms with E-state index >= 15 is 0 Å². The molecule has 0 heterocycles. The molecule has 0 spiro atoms. The van der Waals surface area contributed by atoms with Crippen molar-refractivity contribution in [1.29, 1.82) is 0 Å². The first kappa shape index (κ1) is 21.4. The van der Waals surface area contributed by atoms with Crippen LogP contribution in [0.2, 0.25) is 0 Å². The maximum Gasteiger partial charge on any atom is 0.280 e. The van der Waals surface area contributed by atoms with E-state index < -0.39 is 33.9 Å². The average Bonchev–Trinajstić information content (AvgIpc) is 2.60. The number of aliphatic hydroxyl groups is 2. The van der Waals surface area contributed by atoms with E-state index in [1.807, 2.05) is 0 Å². The molecule has 6 N–H and O–H groups in total. The molecule has 2 atom stereocenters. The van der Waals surface area contributed by atoms with E-state index in [1.165, 1.54) is 31.2 Å². The van der Waals surface area contributed by atoms with Crippen LogP contribution in [0.4, 0.5) is 0 Å². The number of aliphatic imine (C=N–C) groups is 1. The van der Waals surface area contributed by atoms with Gasteiger partial charge in [0.2, 0.25) is 0 Å². The second-order valence-electron chi connectivity index (χ2n) is 6.13. The molecule has 1 unspecified atom stereocenters. The first-order valence-electron chi connectivity index (χ1n) is 8.11. The number of hydrogen-bond acceptors (Lipinski definition) is 6. The number of benzene rings is 2. The highest BCUT2D eigenvalue weighted by atomic mass is 32.2. The molecule has 1 amide bonds. The van der Waals surface area contributed by atoms with Gasteiger partial charge in [-0.05, 0) is 42.8 Å². The molecule has 10 heteroatoms. The monoisotopic (exact) mass is 407 g/mol. The Bertz CT molecular complexity index is 996. The summed E-state index contributed by atoms with van der Waals surface area (Å²) in [4.78, 5) is 15.1. The predicted octanol–water partition coefficient (Wildman–Crippen LogP) is 0.710. The predicted molar refractivity (Wildman–Crippen MR) is 103 cm³/mol. The van der Waals surface area contributed by atoms with Crippen LogP contribution < -0.4 is 16.2 Å². The molecule has 0 aliphatic carbocycles. The second-order valence-corrected chi connectivity index (χ2v) is 8.12. The minimum atomic E-state index is -3.73. The van der Waals surface area contributed by atoms with Crippen LogP contribution in [0.5, 0.6) is 11.5 Å². The molecule has 0 radical (unpaired) electrons. The zero-order valence-electron chi connectivity index (χ0n) is 15.2. The number of ether oxygens (including phenoxy) is 1. The molecule has 0 aromatic heterocycles. The Kier molecular flexibility index (Phi) is 6.39. The first-order valence-corrected chi connectivity index (χ1v) is 10.00. The number of amides is 1. The van der Waals surface area contributed by atoms with Gasteiger partial charge in [0.05, 0.1) is 6.10 Å². The van der Waals surface area contributed by atoms with Crippen molar-refractivity contribution in [3.05, 3.63) is 53.6 Å². The molecule has 150 valence electrons. The van der Waals surface area contributed by atoms with Crippen molar-refractivity contribution in [3.63, 3.8) is 0 Å². The average molecular weight is 407 g/mol. The Morgan fingerprint density at radius 3 is 2.21 bits per heavy atom. The fourth-order valence-electron chi connectivity index (χ4n) is 2.34. The van der Waals surface area contributed by atoms with E-state index in [0.29, 0.717) is 11.3 Å². The standard InChI is InChI=1S/C18H21N3O6S/c1-10(22)16(23)11-3-6-13(7-4-11)27-14-8-5-12(17(24)21-18(19)20)9-15(14)28(2,25)26/h3-10,16,22-23H,1-2H3,(H4,19,20,21,24)/t10-,16?/m1/s1. The lowest BCUT2D eigenvalue weighted by molar-refractivity contribution is 0.0305. The Balaban J connectivity index is 2.38. The van der Waals surface area contributed by atoms with Crippen LogP contribution in [0.25, 0.3) is 0 Å². The molecule has 0 saturated heterocycles. The first-order chi connectivity index (χ1) is 13.0. The lowest BCUT2D eigenvalue weighted by Gasteiger charge is -2.15. The summed E-state index contributed by atoms with van der Waals surface area (Å²) in [5.74, 6) is -0.916. The molecule has 0 bridgehead atoms. The molecule has 0 aliphatic heterocycles. The summed E-state index contributed by atoms with van der Waals surface area (Å²) in [5.41, 5.74) is 10.8. The third kappa shape index (κ3) is 5.28. The van der Waals surface area contributed by atoms with E-state index in [2.05, 4.69) is 4.99 Å². The normalized spacial score (nSPS) is 13.4. The molecule has 28 heavy (non-hydrogen) atoms. The zero-order valence-corrected chi connectivity index (χ0v) is 16.1. The van der Waals surface area contributed by atoms with Crippen molar-refractivity contribution in [1.82, 2.24) is 0 Å². The smallest absolute Gasteiger partial charge is 0.280 e. The van der Waals surface area contributed by atoms with Crippen LogP contribution in [0.15, 0.2) is 52.4 Å². The molecule has 0 saturated carbocycles. The molecule has 2 aromatic rings. The molecule has 0 aliphatic rings. The zero-order chi connectivity index (χ0) is 21.1. The van der Waals surface area contributed by atoms with Gasteiger partial charge in [-0.3, -0.25) is 4.79 Å². The molecular formula is C18H21N3O6S. The highest BCUT2D eigenvalue weighted by molar-refractivity contribution is 7.90. The lowest BCUT2D eigenvalue weighted by Crippen LogP contribution is -2.24. The maximum atomic E-state index is 12.1. The Morgan fingerprint density at radius 1 is 1.11 bits per heavy atom. The van der Waals surface area contributed by atoms with Crippen LogP contribution >= 0.6 is 0 Å². The van der Waals surface area contributed by atoms with Gasteiger partial charge in [0.15, 0.2) is 15.8 Å². The summed E-state index contributed by atoms with van der Waals surface area (Å²) in [5, 5.41) is 19.3. The molecule has 2 rings (SSSR count). The Hall–Kier alpha value is -2.95. The number of guanidine groups is 1. The minimum Gasteiger partial charge on any atom is -0.456 e. The van der Waals surface area contributed by atoms with E-state index in [1.54, 1.807) is 12.1 Å². The molecule has 2 aromatic carbocycles. The number of nitrogens with two attached hydrogens (primary N) is 2. The second kappa shape index (κ2) is 8.38. The number of sulfone groups is 1. The molecular weight excluding hydrogens is 386 g/mol. The number of carbonyl (C=O) groups is 1. The minimum absolute atomic E-state index is 0.00701. The van der Waals surface area contributed by atoms with Crippen molar-refractivity contribution < 1.29 is 28.2 Å². The number of aliphatic hydroxyl groups excluding tert-OH is 2. The van der Waals surface area contributed by atoms with Crippen molar-refractivity contribution in [3.8, 4) is 11.5 Å². The van der Waals surface area contributed by atoms with Gasteiger partial charge in [0, 0.05) is 11.8 Å². The third-order valence-corrected chi connectivity index (χ3v) is 4.85. The van der Waals surface area contributed by atoms with Gasteiger partial charge in [-0.2, -0.15) is 4.99 Å². The quantitative estimate of drug-likeness (QED) is 0.401. The summed E-state index contributed by atoms with van der Waals surface area (Å²) < 4.78 is 29.9. The number of rotatable bonds is 6. The Labute approximate surface area is 162 Å². The van der Waals surface area contributed by atoms with Crippen molar-refractivity contribution >= 4 is 21.7 Å². The summed E-state index contributed by atoms with van der Waals surface area (Å²) >= 11 is 0. The Morgan fingerprint density at radius 2 is 1.71 bits per heavy atom. The van der Waals surface area contributed by atoms with Crippen molar-refractivity contribution in [2.24, 2.45) is 16.5 Å².